The maximum absolute atomic E-state index is 12.1. The molecule has 0 radical (unpaired) electrons. The molecule has 1 aliphatic rings. The number of ether oxygens (including phenoxy) is 4. The highest BCUT2D eigenvalue weighted by molar-refractivity contribution is 5.89. The van der Waals surface area contributed by atoms with Gasteiger partial charge in [0.15, 0.2) is 17.6 Å². The molecule has 2 N–H and O–H groups in total. The van der Waals surface area contributed by atoms with Gasteiger partial charge in [-0.15, -0.1) is 0 Å². The lowest BCUT2D eigenvalue weighted by Crippen LogP contribution is -2.42. The van der Waals surface area contributed by atoms with Crippen LogP contribution in [-0.2, 0) is 0 Å². The molecule has 3 rings (SSSR count). The Hall–Kier alpha value is -3.09. The molecule has 0 saturated heterocycles. The summed E-state index contributed by atoms with van der Waals surface area (Å²) >= 11 is 0. The first kappa shape index (κ1) is 16.8. The minimum absolute atomic E-state index is 0.250. The van der Waals surface area contributed by atoms with Crippen molar-refractivity contribution in [1.29, 1.82) is 0 Å². The molecular formula is C18H20N2O5. The summed E-state index contributed by atoms with van der Waals surface area (Å²) in [6.07, 6.45) is -0.250. The molecule has 0 spiro atoms. The van der Waals surface area contributed by atoms with Gasteiger partial charge in [0.25, 0.3) is 0 Å². The fraction of sp³-hybridized carbons (Fsp3) is 0.278. The molecule has 1 aliphatic heterocycles. The number of benzene rings is 2. The molecule has 2 amide bonds. The van der Waals surface area contributed by atoms with Gasteiger partial charge in [0.1, 0.15) is 18.1 Å². The van der Waals surface area contributed by atoms with Crippen LogP contribution in [0, 0.1) is 0 Å². The molecule has 7 nitrogen and oxygen atoms in total. The van der Waals surface area contributed by atoms with Crippen LogP contribution in [0.3, 0.4) is 0 Å². The van der Waals surface area contributed by atoms with Crippen molar-refractivity contribution < 1.29 is 23.7 Å². The number of urea groups is 1. The Morgan fingerprint density at radius 1 is 1.12 bits per heavy atom. The fourth-order valence-corrected chi connectivity index (χ4v) is 2.43. The van der Waals surface area contributed by atoms with Crippen molar-refractivity contribution in [3.8, 4) is 23.0 Å². The van der Waals surface area contributed by atoms with E-state index >= 15 is 0 Å². The van der Waals surface area contributed by atoms with Gasteiger partial charge in [-0.1, -0.05) is 12.1 Å². The van der Waals surface area contributed by atoms with Gasteiger partial charge in [-0.25, -0.2) is 4.79 Å². The van der Waals surface area contributed by atoms with E-state index in [2.05, 4.69) is 10.6 Å². The third-order valence-corrected chi connectivity index (χ3v) is 3.67. The van der Waals surface area contributed by atoms with Gasteiger partial charge >= 0.3 is 6.03 Å². The van der Waals surface area contributed by atoms with E-state index in [0.717, 1.165) is 0 Å². The summed E-state index contributed by atoms with van der Waals surface area (Å²) < 4.78 is 21.8. The summed E-state index contributed by atoms with van der Waals surface area (Å²) in [7, 11) is 3.10. The number of anilines is 1. The summed E-state index contributed by atoms with van der Waals surface area (Å²) in [5.74, 6) is 2.58. The predicted molar refractivity (Wildman–Crippen MR) is 92.9 cm³/mol. The molecule has 0 bridgehead atoms. The largest absolute Gasteiger partial charge is 0.497 e. The molecular weight excluding hydrogens is 324 g/mol. The first-order valence-electron chi connectivity index (χ1n) is 7.84. The molecule has 25 heavy (non-hydrogen) atoms. The number of rotatable bonds is 5. The van der Waals surface area contributed by atoms with E-state index in [9.17, 15) is 4.79 Å². The van der Waals surface area contributed by atoms with Crippen molar-refractivity contribution in [2.75, 3.05) is 32.7 Å². The minimum atomic E-state index is -0.349. The molecule has 0 fully saturated rings. The van der Waals surface area contributed by atoms with Crippen molar-refractivity contribution in [3.63, 3.8) is 0 Å². The van der Waals surface area contributed by atoms with Crippen LogP contribution in [0.5, 0.6) is 23.0 Å². The second-order valence-corrected chi connectivity index (χ2v) is 5.43. The SMILES string of the molecule is COc1cc(NC(=O)NCC2COc3ccccc3O2)cc(OC)c1. The second kappa shape index (κ2) is 7.65. The van der Waals surface area contributed by atoms with Gasteiger partial charge in [-0.2, -0.15) is 0 Å². The quantitative estimate of drug-likeness (QED) is 0.872. The number of hydrogen-bond acceptors (Lipinski definition) is 5. The molecule has 1 unspecified atom stereocenters. The summed E-state index contributed by atoms with van der Waals surface area (Å²) in [5.41, 5.74) is 0.569. The van der Waals surface area contributed by atoms with Crippen LogP contribution >= 0.6 is 0 Å². The highest BCUT2D eigenvalue weighted by atomic mass is 16.6. The summed E-state index contributed by atoms with van der Waals surface area (Å²) in [6.45, 7) is 0.700. The van der Waals surface area contributed by atoms with Crippen LogP contribution in [0.1, 0.15) is 0 Å². The van der Waals surface area contributed by atoms with Gasteiger partial charge in [-0.3, -0.25) is 0 Å². The molecule has 132 valence electrons. The topological polar surface area (TPSA) is 78.1 Å². The monoisotopic (exact) mass is 344 g/mol. The number of hydrogen-bond donors (Lipinski definition) is 2. The zero-order valence-electron chi connectivity index (χ0n) is 14.1. The third kappa shape index (κ3) is 4.26. The van der Waals surface area contributed by atoms with Gasteiger partial charge in [0, 0.05) is 23.9 Å². The minimum Gasteiger partial charge on any atom is -0.497 e. The van der Waals surface area contributed by atoms with Gasteiger partial charge < -0.3 is 29.6 Å². The Balaban J connectivity index is 1.54. The average Bonchev–Trinajstić information content (AvgIpc) is 2.65. The number of fused-ring (bicyclic) bond motifs is 1. The lowest BCUT2D eigenvalue weighted by atomic mass is 10.2. The van der Waals surface area contributed by atoms with E-state index in [0.29, 0.717) is 41.8 Å². The number of methoxy groups -OCH3 is 2. The molecule has 2 aromatic rings. The molecule has 2 aromatic carbocycles. The van der Waals surface area contributed by atoms with Gasteiger partial charge in [0.05, 0.1) is 20.8 Å². The maximum atomic E-state index is 12.1. The van der Waals surface area contributed by atoms with Crippen LogP contribution in [0.2, 0.25) is 0 Å². The zero-order chi connectivity index (χ0) is 17.6. The highest BCUT2D eigenvalue weighted by Gasteiger charge is 2.21. The molecule has 0 aliphatic carbocycles. The predicted octanol–water partition coefficient (Wildman–Crippen LogP) is 2.67. The van der Waals surface area contributed by atoms with Crippen LogP contribution in [-0.4, -0.2) is 39.5 Å². The van der Waals surface area contributed by atoms with E-state index in [1.54, 1.807) is 32.4 Å². The van der Waals surface area contributed by atoms with Crippen LogP contribution in [0.25, 0.3) is 0 Å². The smallest absolute Gasteiger partial charge is 0.319 e. The lowest BCUT2D eigenvalue weighted by Gasteiger charge is -2.26. The van der Waals surface area contributed by atoms with Crippen molar-refractivity contribution in [3.05, 3.63) is 42.5 Å². The van der Waals surface area contributed by atoms with E-state index in [1.165, 1.54) is 0 Å². The summed E-state index contributed by atoms with van der Waals surface area (Å²) in [4.78, 5) is 12.1. The number of nitrogens with one attached hydrogen (secondary N) is 2. The molecule has 7 heteroatoms. The Bertz CT molecular complexity index is 728. The van der Waals surface area contributed by atoms with Crippen molar-refractivity contribution in [1.82, 2.24) is 5.32 Å². The van der Waals surface area contributed by atoms with Crippen LogP contribution < -0.4 is 29.6 Å². The lowest BCUT2D eigenvalue weighted by molar-refractivity contribution is 0.0922. The first-order valence-corrected chi connectivity index (χ1v) is 7.84. The Morgan fingerprint density at radius 2 is 1.80 bits per heavy atom. The van der Waals surface area contributed by atoms with E-state index in [1.807, 2.05) is 24.3 Å². The third-order valence-electron chi connectivity index (χ3n) is 3.67. The van der Waals surface area contributed by atoms with Crippen molar-refractivity contribution in [2.24, 2.45) is 0 Å². The Morgan fingerprint density at radius 3 is 2.48 bits per heavy atom. The maximum Gasteiger partial charge on any atom is 0.319 e. The number of amides is 2. The first-order chi connectivity index (χ1) is 12.2. The normalized spacial score (nSPS) is 15.2. The van der Waals surface area contributed by atoms with Crippen LogP contribution in [0.15, 0.2) is 42.5 Å². The molecule has 0 saturated carbocycles. The summed E-state index contributed by atoms with van der Waals surface area (Å²) in [6, 6.07) is 12.2. The Kier molecular flexibility index (Phi) is 5.13. The number of para-hydroxylation sites is 2. The van der Waals surface area contributed by atoms with Gasteiger partial charge in [0.2, 0.25) is 0 Å². The molecule has 1 atom stereocenters. The van der Waals surface area contributed by atoms with E-state index in [-0.39, 0.29) is 12.1 Å². The highest BCUT2D eigenvalue weighted by Crippen LogP contribution is 2.30. The Labute approximate surface area is 145 Å². The van der Waals surface area contributed by atoms with Crippen LogP contribution in [0.4, 0.5) is 10.5 Å². The second-order valence-electron chi connectivity index (χ2n) is 5.43. The van der Waals surface area contributed by atoms with Crippen molar-refractivity contribution in [2.45, 2.75) is 6.10 Å². The van der Waals surface area contributed by atoms with Gasteiger partial charge in [-0.05, 0) is 12.1 Å². The average molecular weight is 344 g/mol. The van der Waals surface area contributed by atoms with E-state index < -0.39 is 0 Å². The van der Waals surface area contributed by atoms with Crippen molar-refractivity contribution >= 4 is 11.7 Å². The zero-order valence-corrected chi connectivity index (χ0v) is 14.1. The molecule has 1 heterocycles. The standard InChI is InChI=1S/C18H20N2O5/c1-22-13-7-12(8-14(9-13)23-2)20-18(21)19-10-15-11-24-16-5-3-4-6-17(16)25-15/h3-9,15H,10-11H2,1-2H3,(H2,19,20,21). The number of carbonyl (C=O) groups is 1. The molecule has 0 aromatic heterocycles. The van der Waals surface area contributed by atoms with E-state index in [4.69, 9.17) is 18.9 Å². The fourth-order valence-electron chi connectivity index (χ4n) is 2.43. The summed E-state index contributed by atoms with van der Waals surface area (Å²) in [5, 5.41) is 5.51. The number of carbonyl (C=O) groups excluding carboxylic acids is 1.